The Balaban J connectivity index is 1.78. The standard InChI is InChI=1S/C19H21NO4S/c1-14-4-8-16(9-5-14)25(23,24)17-10-6-15(7-11-17)13-20-12-2-3-18(20)19(21)22/h4-11,18H,2-3,12-13H2,1H3,(H,21,22). The largest absolute Gasteiger partial charge is 0.480 e. The van der Waals surface area contributed by atoms with Crippen LogP contribution in [0.5, 0.6) is 0 Å². The summed E-state index contributed by atoms with van der Waals surface area (Å²) in [6.07, 6.45) is 1.53. The molecule has 0 saturated carbocycles. The molecule has 0 spiro atoms. The van der Waals surface area contributed by atoms with E-state index in [0.717, 1.165) is 24.1 Å². The number of aliphatic carboxylic acids is 1. The van der Waals surface area contributed by atoms with Gasteiger partial charge in [0, 0.05) is 6.54 Å². The highest BCUT2D eigenvalue weighted by Gasteiger charge is 2.30. The van der Waals surface area contributed by atoms with E-state index in [4.69, 9.17) is 0 Å². The van der Waals surface area contributed by atoms with E-state index < -0.39 is 21.8 Å². The van der Waals surface area contributed by atoms with Crippen molar-refractivity contribution in [3.63, 3.8) is 0 Å². The van der Waals surface area contributed by atoms with Gasteiger partial charge in [-0.2, -0.15) is 0 Å². The molecule has 3 rings (SSSR count). The van der Waals surface area contributed by atoms with Crippen LogP contribution in [-0.4, -0.2) is 37.0 Å². The number of carboxylic acid groups (broad SMARTS) is 1. The summed E-state index contributed by atoms with van der Waals surface area (Å²) in [5.41, 5.74) is 1.92. The Bertz CT molecular complexity index is 857. The van der Waals surface area contributed by atoms with E-state index in [1.165, 1.54) is 0 Å². The van der Waals surface area contributed by atoms with Crippen molar-refractivity contribution in [2.24, 2.45) is 0 Å². The highest BCUT2D eigenvalue weighted by molar-refractivity contribution is 7.91. The van der Waals surface area contributed by atoms with Crippen molar-refractivity contribution >= 4 is 15.8 Å². The monoisotopic (exact) mass is 359 g/mol. The third kappa shape index (κ3) is 3.75. The third-order valence-corrected chi connectivity index (χ3v) is 6.38. The highest BCUT2D eigenvalue weighted by Crippen LogP contribution is 2.24. The minimum absolute atomic E-state index is 0.247. The average molecular weight is 359 g/mol. The zero-order valence-electron chi connectivity index (χ0n) is 14.1. The first-order valence-corrected chi connectivity index (χ1v) is 9.74. The summed E-state index contributed by atoms with van der Waals surface area (Å²) in [7, 11) is -3.53. The molecule has 0 amide bonds. The van der Waals surface area contributed by atoms with Crippen LogP contribution in [0.2, 0.25) is 0 Å². The maximum atomic E-state index is 12.7. The van der Waals surface area contributed by atoms with Gasteiger partial charge in [0.15, 0.2) is 0 Å². The lowest BCUT2D eigenvalue weighted by molar-refractivity contribution is -0.142. The predicted octanol–water partition coefficient (Wildman–Crippen LogP) is 2.88. The van der Waals surface area contributed by atoms with Gasteiger partial charge < -0.3 is 5.11 Å². The molecule has 1 heterocycles. The molecule has 1 aliphatic heterocycles. The van der Waals surface area contributed by atoms with E-state index >= 15 is 0 Å². The summed E-state index contributed by atoms with van der Waals surface area (Å²) in [5.74, 6) is -0.795. The molecule has 1 N–H and O–H groups in total. The van der Waals surface area contributed by atoms with E-state index in [1.54, 1.807) is 48.5 Å². The topological polar surface area (TPSA) is 74.7 Å². The van der Waals surface area contributed by atoms with Gasteiger partial charge in [0.2, 0.25) is 9.84 Å². The number of likely N-dealkylation sites (tertiary alicyclic amines) is 1. The Labute approximate surface area is 147 Å². The van der Waals surface area contributed by atoms with Gasteiger partial charge in [-0.15, -0.1) is 0 Å². The highest BCUT2D eigenvalue weighted by atomic mass is 32.2. The Morgan fingerprint density at radius 3 is 2.20 bits per heavy atom. The molecule has 0 aromatic heterocycles. The maximum Gasteiger partial charge on any atom is 0.320 e. The van der Waals surface area contributed by atoms with Crippen LogP contribution in [0.3, 0.4) is 0 Å². The van der Waals surface area contributed by atoms with E-state index in [0.29, 0.717) is 13.0 Å². The molecule has 1 saturated heterocycles. The van der Waals surface area contributed by atoms with Crippen LogP contribution >= 0.6 is 0 Å². The van der Waals surface area contributed by atoms with Crippen LogP contribution in [0.4, 0.5) is 0 Å². The second-order valence-corrected chi connectivity index (χ2v) is 8.38. The SMILES string of the molecule is Cc1ccc(S(=O)(=O)c2ccc(CN3CCCC3C(=O)O)cc2)cc1. The molecule has 6 heteroatoms. The lowest BCUT2D eigenvalue weighted by atomic mass is 10.2. The quantitative estimate of drug-likeness (QED) is 0.888. The van der Waals surface area contributed by atoms with Gasteiger partial charge >= 0.3 is 5.97 Å². The first-order valence-electron chi connectivity index (χ1n) is 8.25. The van der Waals surface area contributed by atoms with Gasteiger partial charge in [-0.25, -0.2) is 8.42 Å². The van der Waals surface area contributed by atoms with Gasteiger partial charge in [-0.05, 0) is 56.1 Å². The summed E-state index contributed by atoms with van der Waals surface area (Å²) in [4.78, 5) is 13.7. The van der Waals surface area contributed by atoms with Crippen molar-refractivity contribution in [1.82, 2.24) is 4.90 Å². The molecule has 1 unspecified atom stereocenters. The summed E-state index contributed by atoms with van der Waals surface area (Å²) >= 11 is 0. The zero-order chi connectivity index (χ0) is 18.0. The molecule has 132 valence electrons. The second kappa shape index (κ2) is 6.98. The zero-order valence-corrected chi connectivity index (χ0v) is 14.9. The summed E-state index contributed by atoms with van der Waals surface area (Å²) in [6, 6.07) is 13.0. The lowest BCUT2D eigenvalue weighted by Gasteiger charge is -2.21. The predicted molar refractivity (Wildman–Crippen MR) is 94.1 cm³/mol. The number of aryl methyl sites for hydroxylation is 1. The van der Waals surface area contributed by atoms with E-state index in [-0.39, 0.29) is 9.79 Å². The van der Waals surface area contributed by atoms with Gasteiger partial charge in [0.05, 0.1) is 9.79 Å². The number of carboxylic acids is 1. The molecule has 1 fully saturated rings. The van der Waals surface area contributed by atoms with Crippen molar-refractivity contribution in [3.05, 3.63) is 59.7 Å². The minimum atomic E-state index is -3.53. The average Bonchev–Trinajstić information content (AvgIpc) is 3.04. The molecular weight excluding hydrogens is 338 g/mol. The van der Waals surface area contributed by atoms with Gasteiger partial charge in [0.1, 0.15) is 6.04 Å². The van der Waals surface area contributed by atoms with Gasteiger partial charge in [-0.1, -0.05) is 29.8 Å². The molecule has 25 heavy (non-hydrogen) atoms. The van der Waals surface area contributed by atoms with Gasteiger partial charge in [0.25, 0.3) is 0 Å². The molecular formula is C19H21NO4S. The van der Waals surface area contributed by atoms with Crippen LogP contribution in [0.1, 0.15) is 24.0 Å². The Morgan fingerprint density at radius 2 is 1.64 bits per heavy atom. The van der Waals surface area contributed by atoms with Crippen molar-refractivity contribution in [1.29, 1.82) is 0 Å². The number of carbonyl (C=O) groups is 1. The lowest BCUT2D eigenvalue weighted by Crippen LogP contribution is -2.35. The number of hydrogen-bond acceptors (Lipinski definition) is 4. The van der Waals surface area contributed by atoms with E-state index in [1.807, 2.05) is 11.8 Å². The number of benzene rings is 2. The third-order valence-electron chi connectivity index (χ3n) is 4.60. The van der Waals surface area contributed by atoms with E-state index in [2.05, 4.69) is 0 Å². The normalized spacial score (nSPS) is 18.4. The first-order chi connectivity index (χ1) is 11.9. The second-order valence-electron chi connectivity index (χ2n) is 6.43. The number of hydrogen-bond donors (Lipinski definition) is 1. The van der Waals surface area contributed by atoms with E-state index in [9.17, 15) is 18.3 Å². The summed E-state index contributed by atoms with van der Waals surface area (Å²) in [5, 5.41) is 9.24. The Kier molecular flexibility index (Phi) is 4.92. The fourth-order valence-corrected chi connectivity index (χ4v) is 4.42. The van der Waals surface area contributed by atoms with Crippen molar-refractivity contribution in [3.8, 4) is 0 Å². The number of sulfone groups is 1. The van der Waals surface area contributed by atoms with Crippen molar-refractivity contribution < 1.29 is 18.3 Å². The fourth-order valence-electron chi connectivity index (χ4n) is 3.16. The molecule has 2 aromatic carbocycles. The number of rotatable bonds is 5. The summed E-state index contributed by atoms with van der Waals surface area (Å²) in [6.45, 7) is 3.18. The Morgan fingerprint density at radius 1 is 1.08 bits per heavy atom. The van der Waals surface area contributed by atoms with Crippen LogP contribution in [0.15, 0.2) is 58.3 Å². The van der Waals surface area contributed by atoms with Gasteiger partial charge in [-0.3, -0.25) is 9.69 Å². The van der Waals surface area contributed by atoms with Crippen LogP contribution in [-0.2, 0) is 21.2 Å². The van der Waals surface area contributed by atoms with Crippen LogP contribution in [0.25, 0.3) is 0 Å². The molecule has 1 atom stereocenters. The Hall–Kier alpha value is -2.18. The molecule has 0 bridgehead atoms. The van der Waals surface area contributed by atoms with Crippen LogP contribution in [0, 0.1) is 6.92 Å². The molecule has 0 radical (unpaired) electrons. The summed E-state index contributed by atoms with van der Waals surface area (Å²) < 4.78 is 25.3. The maximum absolute atomic E-state index is 12.7. The number of nitrogens with zero attached hydrogens (tertiary/aromatic N) is 1. The van der Waals surface area contributed by atoms with Crippen LogP contribution < -0.4 is 0 Å². The smallest absolute Gasteiger partial charge is 0.320 e. The first kappa shape index (κ1) is 17.6. The van der Waals surface area contributed by atoms with Crippen molar-refractivity contribution in [2.75, 3.05) is 6.54 Å². The molecule has 2 aromatic rings. The minimum Gasteiger partial charge on any atom is -0.480 e. The fraction of sp³-hybridized carbons (Fsp3) is 0.316. The molecule has 5 nitrogen and oxygen atoms in total. The molecule has 0 aliphatic carbocycles. The molecule has 1 aliphatic rings. The van der Waals surface area contributed by atoms with Crippen molar-refractivity contribution in [2.45, 2.75) is 42.1 Å².